The van der Waals surface area contributed by atoms with Crippen LogP contribution in [0, 0.1) is 0 Å². The first-order valence-electron chi connectivity index (χ1n) is 16.3. The molecule has 0 fully saturated rings. The molecule has 2 amide bonds. The van der Waals surface area contributed by atoms with E-state index in [-0.39, 0.29) is 65.5 Å². The summed E-state index contributed by atoms with van der Waals surface area (Å²) in [5.74, 6) is -2.04. The van der Waals surface area contributed by atoms with Crippen molar-refractivity contribution in [2.45, 2.75) is 111 Å². The summed E-state index contributed by atoms with van der Waals surface area (Å²) >= 11 is 0. The summed E-state index contributed by atoms with van der Waals surface area (Å²) in [6.45, 7) is 14.6. The minimum Gasteiger partial charge on any atom is -0.460 e. The van der Waals surface area contributed by atoms with Crippen LogP contribution in [0.2, 0.25) is 0 Å². The zero-order valence-corrected chi connectivity index (χ0v) is 30.6. The monoisotopic (exact) mass is 696 g/mol. The molecule has 0 saturated heterocycles. The predicted octanol–water partition coefficient (Wildman–Crippen LogP) is 4.01. The van der Waals surface area contributed by atoms with Gasteiger partial charge in [0.05, 0.1) is 58.9 Å². The third-order valence-corrected chi connectivity index (χ3v) is 5.76. The smallest absolute Gasteiger partial charge is 0.407 e. The van der Waals surface area contributed by atoms with Crippen LogP contribution in [-0.2, 0) is 58.9 Å². The second kappa shape index (κ2) is 20.7. The number of amides is 2. The maximum atomic E-state index is 13.2. The molecule has 0 spiro atoms. The lowest BCUT2D eigenvalue weighted by Crippen LogP contribution is -2.60. The van der Waals surface area contributed by atoms with E-state index in [2.05, 4.69) is 10.6 Å². The molecule has 14 heteroatoms. The molecule has 0 aliphatic rings. The van der Waals surface area contributed by atoms with Gasteiger partial charge in [-0.25, -0.2) is 4.79 Å². The highest BCUT2D eigenvalue weighted by atomic mass is 16.6. The Kier molecular flexibility index (Phi) is 18.3. The number of nitrogens with one attached hydrogen (secondary N) is 2. The van der Waals surface area contributed by atoms with Crippen LogP contribution in [0.1, 0.15) is 87.1 Å². The highest BCUT2D eigenvalue weighted by Gasteiger charge is 2.34. The Morgan fingerprint density at radius 1 is 0.592 bits per heavy atom. The highest BCUT2D eigenvalue weighted by Crippen LogP contribution is 2.14. The number of hydrogen-bond donors (Lipinski definition) is 2. The molecule has 49 heavy (non-hydrogen) atoms. The second-order valence-electron chi connectivity index (χ2n) is 14.4. The van der Waals surface area contributed by atoms with Crippen molar-refractivity contribution in [2.75, 3.05) is 46.2 Å². The highest BCUT2D eigenvalue weighted by molar-refractivity contribution is 5.82. The Morgan fingerprint density at radius 3 is 1.35 bits per heavy atom. The van der Waals surface area contributed by atoms with E-state index in [1.54, 1.807) is 74.4 Å². The van der Waals surface area contributed by atoms with Crippen molar-refractivity contribution < 1.29 is 57.1 Å². The lowest BCUT2D eigenvalue weighted by Gasteiger charge is -2.34. The SMILES string of the molecule is CC(C)(C)OC(=O)CCOCC(COCCC(=O)OC(C)(C)C)(COCCC(=O)OC(C)(C)C)NC(=O)CNC(=O)OCc1ccccc1. The maximum absolute atomic E-state index is 13.2. The summed E-state index contributed by atoms with van der Waals surface area (Å²) in [5, 5.41) is 5.21. The average Bonchev–Trinajstić information content (AvgIpc) is 2.95. The van der Waals surface area contributed by atoms with Gasteiger partial charge in [-0.15, -0.1) is 0 Å². The van der Waals surface area contributed by atoms with E-state index in [0.29, 0.717) is 0 Å². The topological polar surface area (TPSA) is 174 Å². The van der Waals surface area contributed by atoms with Crippen LogP contribution in [0.15, 0.2) is 30.3 Å². The number of hydrogen-bond acceptors (Lipinski definition) is 12. The average molecular weight is 697 g/mol. The third kappa shape index (κ3) is 23.3. The molecule has 0 heterocycles. The standard InChI is InChI=1S/C35H56N2O12/c1-32(2,3)47-28(39)15-18-43-23-35(24-44-19-16-29(40)48-33(4,5)6,25-45-20-17-30(41)49-34(7,8)9)37-27(38)21-36-31(42)46-22-26-13-11-10-12-14-26/h10-14H,15-25H2,1-9H3,(H,36,42)(H,37,38). The van der Waals surface area contributed by atoms with Crippen LogP contribution >= 0.6 is 0 Å². The fourth-order valence-corrected chi connectivity index (χ4v) is 3.95. The minimum atomic E-state index is -1.37. The van der Waals surface area contributed by atoms with Gasteiger partial charge in [0.2, 0.25) is 5.91 Å². The van der Waals surface area contributed by atoms with Crippen molar-refractivity contribution >= 4 is 29.9 Å². The molecule has 1 aromatic rings. The molecular formula is C35H56N2O12. The summed E-state index contributed by atoms with van der Waals surface area (Å²) in [7, 11) is 0. The van der Waals surface area contributed by atoms with E-state index >= 15 is 0 Å². The van der Waals surface area contributed by atoms with E-state index in [1.165, 1.54) is 0 Å². The molecule has 1 aromatic carbocycles. The largest absolute Gasteiger partial charge is 0.460 e. The Labute approximate surface area is 290 Å². The zero-order chi connectivity index (χ0) is 37.1. The van der Waals surface area contributed by atoms with Gasteiger partial charge in [0.25, 0.3) is 0 Å². The van der Waals surface area contributed by atoms with Crippen LogP contribution in [0.3, 0.4) is 0 Å². The molecule has 0 radical (unpaired) electrons. The van der Waals surface area contributed by atoms with Crippen LogP contribution in [0.25, 0.3) is 0 Å². The number of benzene rings is 1. The number of alkyl carbamates (subject to hydrolysis) is 1. The van der Waals surface area contributed by atoms with Crippen molar-refractivity contribution in [3.05, 3.63) is 35.9 Å². The normalized spacial score (nSPS) is 12.1. The van der Waals surface area contributed by atoms with Crippen molar-refractivity contribution in [1.82, 2.24) is 10.6 Å². The first-order valence-corrected chi connectivity index (χ1v) is 16.3. The Morgan fingerprint density at radius 2 is 0.980 bits per heavy atom. The second-order valence-corrected chi connectivity index (χ2v) is 14.4. The summed E-state index contributed by atoms with van der Waals surface area (Å²) in [5.41, 5.74) is -2.62. The van der Waals surface area contributed by atoms with Crippen LogP contribution < -0.4 is 10.6 Å². The molecule has 14 nitrogen and oxygen atoms in total. The Balaban J connectivity index is 3.01. The minimum absolute atomic E-state index is 0.0146. The van der Waals surface area contributed by atoms with Crippen LogP contribution in [0.5, 0.6) is 0 Å². The molecule has 1 rings (SSSR count). The molecule has 0 atom stereocenters. The molecule has 0 saturated carbocycles. The Bertz CT molecular complexity index is 1100. The van der Waals surface area contributed by atoms with Gasteiger partial charge in [0, 0.05) is 0 Å². The molecule has 0 bridgehead atoms. The first kappa shape index (κ1) is 43.3. The van der Waals surface area contributed by atoms with E-state index in [1.807, 2.05) is 18.2 Å². The lowest BCUT2D eigenvalue weighted by molar-refractivity contribution is -0.157. The van der Waals surface area contributed by atoms with Gasteiger partial charge >= 0.3 is 24.0 Å². The lowest BCUT2D eigenvalue weighted by atomic mass is 10.0. The van der Waals surface area contributed by atoms with Gasteiger partial charge in [0.15, 0.2) is 0 Å². The van der Waals surface area contributed by atoms with Crippen molar-refractivity contribution in [3.8, 4) is 0 Å². The first-order chi connectivity index (χ1) is 22.7. The zero-order valence-electron chi connectivity index (χ0n) is 30.6. The fourth-order valence-electron chi connectivity index (χ4n) is 3.95. The molecular weight excluding hydrogens is 640 g/mol. The molecule has 0 aromatic heterocycles. The van der Waals surface area contributed by atoms with Crippen LogP contribution in [0.4, 0.5) is 4.79 Å². The number of carbonyl (C=O) groups excluding carboxylic acids is 5. The molecule has 278 valence electrons. The van der Waals surface area contributed by atoms with E-state index in [4.69, 9.17) is 33.2 Å². The predicted molar refractivity (Wildman–Crippen MR) is 179 cm³/mol. The molecule has 0 aliphatic carbocycles. The molecule has 0 unspecified atom stereocenters. The number of ether oxygens (including phenoxy) is 7. The third-order valence-electron chi connectivity index (χ3n) is 5.76. The van der Waals surface area contributed by atoms with Crippen molar-refractivity contribution in [2.24, 2.45) is 0 Å². The summed E-state index contributed by atoms with van der Waals surface area (Å²) in [6, 6.07) is 9.05. The van der Waals surface area contributed by atoms with Crippen LogP contribution in [-0.4, -0.2) is 98.4 Å². The quantitative estimate of drug-likeness (QED) is 0.114. The van der Waals surface area contributed by atoms with Gasteiger partial charge in [-0.05, 0) is 67.9 Å². The van der Waals surface area contributed by atoms with E-state index in [0.717, 1.165) is 5.56 Å². The van der Waals surface area contributed by atoms with Crippen molar-refractivity contribution in [1.29, 1.82) is 0 Å². The summed E-state index contributed by atoms with van der Waals surface area (Å²) in [4.78, 5) is 62.2. The summed E-state index contributed by atoms with van der Waals surface area (Å²) in [6.07, 6.45) is -0.986. The fraction of sp³-hybridized carbons (Fsp3) is 0.686. The van der Waals surface area contributed by atoms with E-state index in [9.17, 15) is 24.0 Å². The maximum Gasteiger partial charge on any atom is 0.407 e. The van der Waals surface area contributed by atoms with Gasteiger partial charge < -0.3 is 43.8 Å². The molecule has 0 aliphatic heterocycles. The number of esters is 3. The van der Waals surface area contributed by atoms with Crippen molar-refractivity contribution in [3.63, 3.8) is 0 Å². The number of rotatable bonds is 20. The van der Waals surface area contributed by atoms with Gasteiger partial charge in [-0.1, -0.05) is 30.3 Å². The van der Waals surface area contributed by atoms with Gasteiger partial charge in [-0.3, -0.25) is 19.2 Å². The number of carbonyl (C=O) groups is 5. The Hall–Kier alpha value is -3.75. The van der Waals surface area contributed by atoms with E-state index < -0.39 is 58.8 Å². The summed E-state index contributed by atoms with van der Waals surface area (Å²) < 4.78 is 38.6. The van der Waals surface area contributed by atoms with Gasteiger partial charge in [0.1, 0.15) is 35.5 Å². The molecule has 2 N–H and O–H groups in total. The van der Waals surface area contributed by atoms with Gasteiger partial charge in [-0.2, -0.15) is 0 Å².